The molecule has 0 bridgehead atoms. The van der Waals surface area contributed by atoms with Gasteiger partial charge in [-0.15, -0.1) is 0 Å². The molecule has 6 nitrogen and oxygen atoms in total. The topological polar surface area (TPSA) is 78.9 Å². The van der Waals surface area contributed by atoms with Crippen LogP contribution in [-0.2, 0) is 28.6 Å². The minimum absolute atomic E-state index is 0.0912. The molecule has 0 aliphatic carbocycles. The summed E-state index contributed by atoms with van der Waals surface area (Å²) in [4.78, 5) is 38.3. The van der Waals surface area contributed by atoms with Gasteiger partial charge in [0.1, 0.15) is 13.2 Å². The predicted molar refractivity (Wildman–Crippen MR) is 348 cm³/mol. The zero-order valence-corrected chi connectivity index (χ0v) is 52.3. The lowest BCUT2D eigenvalue weighted by Gasteiger charge is -2.18. The predicted octanol–water partition coefficient (Wildman–Crippen LogP) is 23.2. The van der Waals surface area contributed by atoms with E-state index in [-0.39, 0.29) is 31.1 Å². The van der Waals surface area contributed by atoms with Crippen molar-refractivity contribution in [2.75, 3.05) is 13.2 Å². The number of carbonyl (C=O) groups excluding carboxylic acids is 3. The highest BCUT2D eigenvalue weighted by Gasteiger charge is 2.19. The van der Waals surface area contributed by atoms with Crippen molar-refractivity contribution in [3.05, 3.63) is 122 Å². The molecule has 0 spiro atoms. The Kier molecular flexibility index (Phi) is 63.8. The summed E-state index contributed by atoms with van der Waals surface area (Å²) < 4.78 is 16.9. The molecule has 0 radical (unpaired) electrons. The molecule has 0 saturated heterocycles. The zero-order chi connectivity index (χ0) is 57.8. The number of esters is 3. The van der Waals surface area contributed by atoms with E-state index >= 15 is 0 Å². The Morgan fingerprint density at radius 1 is 0.263 bits per heavy atom. The van der Waals surface area contributed by atoms with Crippen molar-refractivity contribution in [2.45, 2.75) is 316 Å². The maximum atomic E-state index is 12.9. The van der Waals surface area contributed by atoms with Crippen LogP contribution in [0.3, 0.4) is 0 Å². The second-order valence-corrected chi connectivity index (χ2v) is 22.0. The highest BCUT2D eigenvalue weighted by molar-refractivity contribution is 5.71. The molecule has 1 unspecified atom stereocenters. The lowest BCUT2D eigenvalue weighted by Crippen LogP contribution is -2.30. The molecule has 456 valence electrons. The van der Waals surface area contributed by atoms with Crippen LogP contribution >= 0.6 is 0 Å². The summed E-state index contributed by atoms with van der Waals surface area (Å²) in [5, 5.41) is 0. The van der Waals surface area contributed by atoms with Gasteiger partial charge in [0.2, 0.25) is 0 Å². The molecule has 1 atom stereocenters. The average Bonchev–Trinajstić information content (AvgIpc) is 3.46. The largest absolute Gasteiger partial charge is 0.462 e. The third-order valence-electron chi connectivity index (χ3n) is 14.2. The second-order valence-electron chi connectivity index (χ2n) is 22.0. The van der Waals surface area contributed by atoms with Crippen molar-refractivity contribution in [2.24, 2.45) is 0 Å². The lowest BCUT2D eigenvalue weighted by molar-refractivity contribution is -0.167. The van der Waals surface area contributed by atoms with Gasteiger partial charge in [-0.25, -0.2) is 0 Å². The van der Waals surface area contributed by atoms with Gasteiger partial charge in [0.15, 0.2) is 6.10 Å². The molecule has 0 rings (SSSR count). The molecule has 0 heterocycles. The number of allylic oxidation sites excluding steroid dienone is 20. The van der Waals surface area contributed by atoms with Crippen LogP contribution in [0.25, 0.3) is 0 Å². The summed E-state index contributed by atoms with van der Waals surface area (Å²) in [6.07, 6.45) is 93.6. The Hall–Kier alpha value is -4.19. The Bertz CT molecular complexity index is 1650. The highest BCUT2D eigenvalue weighted by Crippen LogP contribution is 2.17. The van der Waals surface area contributed by atoms with Crippen molar-refractivity contribution < 1.29 is 28.6 Å². The SMILES string of the molecule is CC/C=C\C/C=C\C/C=C\C/C=C\C/C=C\C/C=C\CCCCCCCCCCCCCCC(=O)OCC(COC(=O)CCCC/C=C\C/C=C\C/C=C\C/C=C\CC)OC(=O)CCCCCCCCCCCCCCCCCC. The van der Waals surface area contributed by atoms with Gasteiger partial charge < -0.3 is 14.2 Å². The summed E-state index contributed by atoms with van der Waals surface area (Å²) in [6, 6.07) is 0. The summed E-state index contributed by atoms with van der Waals surface area (Å²) >= 11 is 0. The first-order valence-electron chi connectivity index (χ1n) is 33.5. The van der Waals surface area contributed by atoms with Gasteiger partial charge in [0, 0.05) is 19.3 Å². The van der Waals surface area contributed by atoms with E-state index in [4.69, 9.17) is 14.2 Å². The first-order chi connectivity index (χ1) is 39.5. The molecular formula is C74H124O6. The van der Waals surface area contributed by atoms with Crippen LogP contribution in [0.2, 0.25) is 0 Å². The molecule has 0 N–H and O–H groups in total. The monoisotopic (exact) mass is 1110 g/mol. The zero-order valence-electron chi connectivity index (χ0n) is 52.3. The standard InChI is InChI=1S/C74H124O6/c1-4-7-10-13-16-19-22-25-28-30-31-32-33-34-35-36-37-38-39-40-41-42-43-44-47-49-52-55-58-61-64-67-73(76)79-70-71(69-78-72(75)66-63-60-57-54-51-48-45-27-24-21-18-15-12-9-6-3)80-74(77)68-65-62-59-56-53-50-46-29-26-23-20-17-14-11-8-5-2/h7,9-10,12,16,18-19,21,25,27-28,31-32,34-35,37-38,45,51,54,71H,4-6,8,11,13-15,17,20,22-24,26,29-30,33,36,39-44,46-50,52-53,55-70H2,1-3H3/b10-7-,12-9-,19-16-,21-18-,28-25-,32-31-,35-34-,38-37-,45-27-,54-51-. The van der Waals surface area contributed by atoms with Gasteiger partial charge >= 0.3 is 17.9 Å². The molecule has 0 aliphatic rings. The van der Waals surface area contributed by atoms with E-state index in [1.54, 1.807) is 0 Å². The molecule has 0 saturated carbocycles. The second kappa shape index (κ2) is 67.3. The van der Waals surface area contributed by atoms with E-state index in [0.29, 0.717) is 19.3 Å². The maximum absolute atomic E-state index is 12.9. The lowest BCUT2D eigenvalue weighted by atomic mass is 10.0. The van der Waals surface area contributed by atoms with Gasteiger partial charge in [-0.3, -0.25) is 14.4 Å². The minimum Gasteiger partial charge on any atom is -0.462 e. The van der Waals surface area contributed by atoms with E-state index in [1.807, 2.05) is 0 Å². The highest BCUT2D eigenvalue weighted by atomic mass is 16.6. The number of unbranched alkanes of at least 4 members (excludes halogenated alkanes) is 29. The van der Waals surface area contributed by atoms with Crippen LogP contribution in [0, 0.1) is 0 Å². The van der Waals surface area contributed by atoms with E-state index in [9.17, 15) is 14.4 Å². The number of hydrogen-bond acceptors (Lipinski definition) is 6. The van der Waals surface area contributed by atoms with Crippen LogP contribution < -0.4 is 0 Å². The first kappa shape index (κ1) is 75.8. The summed E-state index contributed by atoms with van der Waals surface area (Å²) in [5.41, 5.74) is 0. The number of rotatable bonds is 60. The number of hydrogen-bond donors (Lipinski definition) is 0. The van der Waals surface area contributed by atoms with Gasteiger partial charge in [0.05, 0.1) is 0 Å². The third kappa shape index (κ3) is 64.6. The molecule has 0 aromatic heterocycles. The van der Waals surface area contributed by atoms with Crippen molar-refractivity contribution in [1.82, 2.24) is 0 Å². The van der Waals surface area contributed by atoms with Crippen LogP contribution in [0.5, 0.6) is 0 Å². The van der Waals surface area contributed by atoms with E-state index in [2.05, 4.69) is 142 Å². The van der Waals surface area contributed by atoms with E-state index < -0.39 is 6.10 Å². The van der Waals surface area contributed by atoms with E-state index in [0.717, 1.165) is 122 Å². The maximum Gasteiger partial charge on any atom is 0.306 e. The van der Waals surface area contributed by atoms with Gasteiger partial charge in [-0.1, -0.05) is 303 Å². The third-order valence-corrected chi connectivity index (χ3v) is 14.2. The summed E-state index contributed by atoms with van der Waals surface area (Å²) in [5.74, 6) is -0.926. The molecule has 80 heavy (non-hydrogen) atoms. The Morgan fingerprint density at radius 2 is 0.487 bits per heavy atom. The van der Waals surface area contributed by atoms with E-state index in [1.165, 1.54) is 148 Å². The first-order valence-corrected chi connectivity index (χ1v) is 33.5. The number of carbonyl (C=O) groups is 3. The summed E-state index contributed by atoms with van der Waals surface area (Å²) in [6.45, 7) is 6.40. The molecular weight excluding hydrogens is 985 g/mol. The molecule has 0 fully saturated rings. The molecule has 0 aromatic rings. The molecule has 0 aliphatic heterocycles. The summed E-state index contributed by atoms with van der Waals surface area (Å²) in [7, 11) is 0. The fourth-order valence-electron chi connectivity index (χ4n) is 9.26. The van der Waals surface area contributed by atoms with Gasteiger partial charge in [-0.05, 0) is 109 Å². The van der Waals surface area contributed by atoms with Crippen molar-refractivity contribution in [1.29, 1.82) is 0 Å². The Balaban J connectivity index is 4.29. The van der Waals surface area contributed by atoms with Crippen molar-refractivity contribution in [3.8, 4) is 0 Å². The van der Waals surface area contributed by atoms with Crippen LogP contribution in [-0.4, -0.2) is 37.2 Å². The smallest absolute Gasteiger partial charge is 0.306 e. The van der Waals surface area contributed by atoms with Gasteiger partial charge in [-0.2, -0.15) is 0 Å². The fraction of sp³-hybridized carbons (Fsp3) is 0.689. The van der Waals surface area contributed by atoms with Crippen LogP contribution in [0.15, 0.2) is 122 Å². The molecule has 0 amide bonds. The fourth-order valence-corrected chi connectivity index (χ4v) is 9.26. The van der Waals surface area contributed by atoms with Crippen molar-refractivity contribution >= 4 is 17.9 Å². The van der Waals surface area contributed by atoms with Gasteiger partial charge in [0.25, 0.3) is 0 Å². The van der Waals surface area contributed by atoms with Crippen LogP contribution in [0.4, 0.5) is 0 Å². The quantitative estimate of drug-likeness (QED) is 0.0261. The Morgan fingerprint density at radius 3 is 0.787 bits per heavy atom. The Labute approximate surface area is 494 Å². The molecule has 0 aromatic carbocycles. The van der Waals surface area contributed by atoms with Crippen molar-refractivity contribution in [3.63, 3.8) is 0 Å². The van der Waals surface area contributed by atoms with Crippen LogP contribution in [0.1, 0.15) is 310 Å². The normalized spacial score (nSPS) is 12.9. The average molecular weight is 1110 g/mol. The minimum atomic E-state index is -0.797. The number of ether oxygens (including phenoxy) is 3. The molecule has 6 heteroatoms.